The summed E-state index contributed by atoms with van der Waals surface area (Å²) in [5.74, 6) is -3.32. The van der Waals surface area contributed by atoms with Gasteiger partial charge in [-0.1, -0.05) is 48.5 Å². The van der Waals surface area contributed by atoms with Crippen molar-refractivity contribution in [3.8, 4) is 0 Å². The fourth-order valence-electron chi connectivity index (χ4n) is 2.98. The fraction of sp³-hybridized carbons (Fsp3) is 0.227. The Hall–Kier alpha value is -4.01. The van der Waals surface area contributed by atoms with Gasteiger partial charge in [0.25, 0.3) is 11.8 Å². The lowest BCUT2D eigenvalue weighted by molar-refractivity contribution is -0.147. The van der Waals surface area contributed by atoms with Crippen LogP contribution in [-0.2, 0) is 19.1 Å². The summed E-state index contributed by atoms with van der Waals surface area (Å²) < 4.78 is 5.03. The molecule has 3 rings (SSSR count). The average molecular weight is 423 g/mol. The average Bonchev–Trinajstić information content (AvgIpc) is 3.16. The van der Waals surface area contributed by atoms with E-state index in [0.29, 0.717) is 11.1 Å². The number of nitrogens with zero attached hydrogens (tertiary/aromatic N) is 1. The quantitative estimate of drug-likeness (QED) is 0.477. The highest BCUT2D eigenvalue weighted by Crippen LogP contribution is 2.17. The van der Waals surface area contributed by atoms with Crippen LogP contribution in [0.3, 0.4) is 0 Å². The minimum atomic E-state index is -0.796. The van der Waals surface area contributed by atoms with Crippen LogP contribution in [0.5, 0.6) is 0 Å². The van der Waals surface area contributed by atoms with Crippen LogP contribution in [0.2, 0.25) is 0 Å². The first kappa shape index (κ1) is 21.7. The van der Waals surface area contributed by atoms with Crippen LogP contribution in [0.1, 0.15) is 27.1 Å². The molecule has 0 radical (unpaired) electrons. The molecule has 2 aromatic rings. The maximum atomic E-state index is 12.2. The molecule has 0 saturated carbocycles. The van der Waals surface area contributed by atoms with E-state index in [4.69, 9.17) is 4.74 Å². The van der Waals surface area contributed by atoms with E-state index in [1.54, 1.807) is 60.7 Å². The lowest BCUT2D eigenvalue weighted by atomic mass is 10.1. The summed E-state index contributed by atoms with van der Waals surface area (Å²) in [5.41, 5.74) is 3.19. The van der Waals surface area contributed by atoms with Crippen LogP contribution in [-0.4, -0.2) is 54.2 Å². The van der Waals surface area contributed by atoms with E-state index >= 15 is 0 Å². The summed E-state index contributed by atoms with van der Waals surface area (Å²) in [4.78, 5) is 60.3. The zero-order chi connectivity index (χ0) is 22.2. The van der Waals surface area contributed by atoms with E-state index in [-0.39, 0.29) is 25.3 Å². The van der Waals surface area contributed by atoms with Gasteiger partial charge in [-0.15, -0.1) is 0 Å². The number of benzene rings is 2. The largest absolute Gasteiger partial charge is 0.457 e. The summed E-state index contributed by atoms with van der Waals surface area (Å²) >= 11 is 0. The summed E-state index contributed by atoms with van der Waals surface area (Å²) in [7, 11) is 0. The number of esters is 1. The highest BCUT2D eigenvalue weighted by molar-refractivity contribution is 5.98. The van der Waals surface area contributed by atoms with Gasteiger partial charge in [-0.05, 0) is 12.1 Å². The van der Waals surface area contributed by atoms with Crippen molar-refractivity contribution in [2.75, 3.05) is 19.7 Å². The first-order valence-electron chi connectivity index (χ1n) is 9.62. The SMILES string of the molecule is O=C(CNC(=O)c1ccccc1)NN1C[C@H](C(=O)OCC(=O)c2ccccc2)CC1=O. The smallest absolute Gasteiger partial charge is 0.311 e. The molecule has 0 spiro atoms. The molecule has 1 aliphatic heterocycles. The Morgan fingerprint density at radius 1 is 0.935 bits per heavy atom. The number of amides is 3. The molecule has 3 amide bonds. The van der Waals surface area contributed by atoms with Crippen LogP contribution in [0.15, 0.2) is 60.7 Å². The zero-order valence-electron chi connectivity index (χ0n) is 16.6. The van der Waals surface area contributed by atoms with E-state index in [2.05, 4.69) is 10.7 Å². The van der Waals surface area contributed by atoms with E-state index in [1.807, 2.05) is 0 Å². The van der Waals surface area contributed by atoms with Crippen molar-refractivity contribution in [2.24, 2.45) is 5.92 Å². The lowest BCUT2D eigenvalue weighted by Gasteiger charge is -2.17. The molecule has 0 bridgehead atoms. The predicted octanol–water partition coefficient (Wildman–Crippen LogP) is 0.722. The van der Waals surface area contributed by atoms with Crippen molar-refractivity contribution < 1.29 is 28.7 Å². The number of hydrogen-bond donors (Lipinski definition) is 2. The van der Waals surface area contributed by atoms with Gasteiger partial charge in [-0.2, -0.15) is 0 Å². The molecular weight excluding hydrogens is 402 g/mol. The van der Waals surface area contributed by atoms with Gasteiger partial charge in [-0.25, -0.2) is 0 Å². The zero-order valence-corrected chi connectivity index (χ0v) is 16.6. The molecule has 0 aromatic heterocycles. The van der Waals surface area contributed by atoms with Crippen LogP contribution in [0, 0.1) is 5.92 Å². The number of Topliss-reactive ketones (excluding diaryl/α,β-unsaturated/α-hetero) is 1. The second kappa shape index (κ2) is 10.1. The molecule has 2 aromatic carbocycles. The first-order valence-corrected chi connectivity index (χ1v) is 9.62. The molecule has 160 valence electrons. The maximum absolute atomic E-state index is 12.2. The Morgan fingerprint density at radius 3 is 2.19 bits per heavy atom. The van der Waals surface area contributed by atoms with Crippen molar-refractivity contribution in [3.63, 3.8) is 0 Å². The van der Waals surface area contributed by atoms with Crippen LogP contribution >= 0.6 is 0 Å². The van der Waals surface area contributed by atoms with E-state index in [0.717, 1.165) is 5.01 Å². The van der Waals surface area contributed by atoms with Crippen molar-refractivity contribution >= 4 is 29.5 Å². The van der Waals surface area contributed by atoms with Gasteiger partial charge in [0.2, 0.25) is 5.91 Å². The van der Waals surface area contributed by atoms with E-state index < -0.39 is 36.2 Å². The number of ether oxygens (including phenoxy) is 1. The molecule has 9 nitrogen and oxygen atoms in total. The van der Waals surface area contributed by atoms with Crippen molar-refractivity contribution in [2.45, 2.75) is 6.42 Å². The number of ketones is 1. The number of carbonyl (C=O) groups excluding carboxylic acids is 5. The molecule has 9 heteroatoms. The van der Waals surface area contributed by atoms with E-state index in [9.17, 15) is 24.0 Å². The van der Waals surface area contributed by atoms with Gasteiger partial charge in [-0.3, -0.25) is 34.4 Å². The molecule has 1 fully saturated rings. The lowest BCUT2D eigenvalue weighted by Crippen LogP contribution is -2.47. The number of hydrazine groups is 1. The molecule has 0 aliphatic carbocycles. The van der Waals surface area contributed by atoms with Crippen LogP contribution < -0.4 is 10.7 Å². The highest BCUT2D eigenvalue weighted by Gasteiger charge is 2.36. The molecule has 1 saturated heterocycles. The van der Waals surface area contributed by atoms with Gasteiger partial charge >= 0.3 is 5.97 Å². The van der Waals surface area contributed by atoms with Gasteiger partial charge in [0.1, 0.15) is 0 Å². The minimum Gasteiger partial charge on any atom is -0.457 e. The molecule has 2 N–H and O–H groups in total. The fourth-order valence-corrected chi connectivity index (χ4v) is 2.98. The van der Waals surface area contributed by atoms with Crippen LogP contribution in [0.4, 0.5) is 0 Å². The normalized spacial score (nSPS) is 15.3. The Kier molecular flexibility index (Phi) is 7.10. The van der Waals surface area contributed by atoms with Gasteiger partial charge < -0.3 is 10.1 Å². The highest BCUT2D eigenvalue weighted by atomic mass is 16.5. The van der Waals surface area contributed by atoms with Gasteiger partial charge in [0, 0.05) is 17.5 Å². The topological polar surface area (TPSA) is 122 Å². The van der Waals surface area contributed by atoms with Crippen LogP contribution in [0.25, 0.3) is 0 Å². The van der Waals surface area contributed by atoms with E-state index in [1.165, 1.54) is 0 Å². The monoisotopic (exact) mass is 423 g/mol. The van der Waals surface area contributed by atoms with Crippen molar-refractivity contribution in [1.29, 1.82) is 0 Å². The molecule has 1 aliphatic rings. The Labute approximate surface area is 178 Å². The maximum Gasteiger partial charge on any atom is 0.311 e. The third kappa shape index (κ3) is 5.99. The molecule has 1 atom stereocenters. The minimum absolute atomic E-state index is 0.0738. The molecule has 31 heavy (non-hydrogen) atoms. The number of rotatable bonds is 8. The van der Waals surface area contributed by atoms with Crippen molar-refractivity contribution in [3.05, 3.63) is 71.8 Å². The Morgan fingerprint density at radius 2 is 1.55 bits per heavy atom. The molecule has 1 heterocycles. The third-order valence-corrected chi connectivity index (χ3v) is 4.60. The second-order valence-corrected chi connectivity index (χ2v) is 6.89. The summed E-state index contributed by atoms with van der Waals surface area (Å²) in [6.07, 6.45) is -0.144. The molecular formula is C22H21N3O6. The Bertz CT molecular complexity index is 977. The third-order valence-electron chi connectivity index (χ3n) is 4.60. The number of hydrogen-bond acceptors (Lipinski definition) is 6. The van der Waals surface area contributed by atoms with Gasteiger partial charge in [0.05, 0.1) is 19.0 Å². The van der Waals surface area contributed by atoms with Crippen molar-refractivity contribution in [1.82, 2.24) is 15.8 Å². The van der Waals surface area contributed by atoms with Gasteiger partial charge in [0.15, 0.2) is 12.4 Å². The number of carbonyl (C=O) groups is 5. The first-order chi connectivity index (χ1) is 14.9. The molecule has 0 unspecified atom stereocenters. The Balaban J connectivity index is 1.42. The predicted molar refractivity (Wildman–Crippen MR) is 108 cm³/mol. The second-order valence-electron chi connectivity index (χ2n) is 6.89. The summed E-state index contributed by atoms with van der Waals surface area (Å²) in [5, 5.41) is 3.47. The summed E-state index contributed by atoms with van der Waals surface area (Å²) in [6.45, 7) is -0.834. The number of nitrogens with one attached hydrogen (secondary N) is 2. The summed E-state index contributed by atoms with van der Waals surface area (Å²) in [6, 6.07) is 16.8. The standard InChI is InChI=1S/C22H21N3O6/c26-18(15-7-3-1-4-8-15)14-31-22(30)17-11-20(28)25(13-17)24-19(27)12-23-21(29)16-9-5-2-6-10-16/h1-10,17H,11-14H2,(H,23,29)(H,24,27)/t17-/m1/s1.